The standard InChI is InChI=1S/C28H34O2S/c1-18(29)22-11-12-23-20-9-10-24-21(17-31-19-7-5-4-6-8-19)26(30)14-16-28(24,3)25(20)13-15-27(22,23)2/h4-8,13,15,20,22-23,25H,9-12,14,16-17H2,1-3H3/t20-,22+,23-,25-,27+,28-/m0/s1. The van der Waals surface area contributed by atoms with Crippen LogP contribution in [0.5, 0.6) is 0 Å². The normalized spacial score (nSPS) is 39.1. The molecule has 31 heavy (non-hydrogen) atoms. The second-order valence-electron chi connectivity index (χ2n) is 10.7. The van der Waals surface area contributed by atoms with Crippen molar-refractivity contribution in [1.82, 2.24) is 0 Å². The van der Waals surface area contributed by atoms with Crippen molar-refractivity contribution in [1.29, 1.82) is 0 Å². The molecule has 4 aliphatic carbocycles. The molecule has 5 rings (SSSR count). The molecular formula is C28H34O2S. The van der Waals surface area contributed by atoms with E-state index in [1.165, 1.54) is 16.9 Å². The third-order valence-corrected chi connectivity index (χ3v) is 10.3. The van der Waals surface area contributed by atoms with Crippen LogP contribution in [0.15, 0.2) is 58.5 Å². The highest BCUT2D eigenvalue weighted by Crippen LogP contribution is 2.64. The van der Waals surface area contributed by atoms with Crippen LogP contribution in [0.25, 0.3) is 0 Å². The lowest BCUT2D eigenvalue weighted by molar-refractivity contribution is -0.124. The molecule has 6 atom stereocenters. The zero-order valence-corrected chi connectivity index (χ0v) is 19.8. The highest BCUT2D eigenvalue weighted by atomic mass is 32.2. The van der Waals surface area contributed by atoms with E-state index >= 15 is 0 Å². The average Bonchev–Trinajstić information content (AvgIpc) is 3.12. The number of fused-ring (bicyclic) bond motifs is 5. The van der Waals surface area contributed by atoms with Crippen LogP contribution in [0.4, 0.5) is 0 Å². The first kappa shape index (κ1) is 21.2. The van der Waals surface area contributed by atoms with Gasteiger partial charge in [-0.1, -0.05) is 49.8 Å². The van der Waals surface area contributed by atoms with E-state index in [1.807, 2.05) is 6.07 Å². The molecule has 0 saturated heterocycles. The van der Waals surface area contributed by atoms with E-state index in [1.54, 1.807) is 18.7 Å². The third kappa shape index (κ3) is 3.30. The van der Waals surface area contributed by atoms with Crippen LogP contribution in [-0.4, -0.2) is 17.3 Å². The van der Waals surface area contributed by atoms with E-state index < -0.39 is 0 Å². The molecule has 4 aliphatic rings. The van der Waals surface area contributed by atoms with E-state index in [9.17, 15) is 9.59 Å². The van der Waals surface area contributed by atoms with Gasteiger partial charge in [0.1, 0.15) is 5.78 Å². The minimum absolute atomic E-state index is 0.0288. The maximum Gasteiger partial charge on any atom is 0.159 e. The van der Waals surface area contributed by atoms with Crippen molar-refractivity contribution in [3.05, 3.63) is 53.6 Å². The van der Waals surface area contributed by atoms with E-state index in [2.05, 4.69) is 50.3 Å². The molecule has 164 valence electrons. The predicted octanol–water partition coefficient (Wildman–Crippen LogP) is 6.66. The number of benzene rings is 1. The van der Waals surface area contributed by atoms with E-state index in [0.29, 0.717) is 35.7 Å². The topological polar surface area (TPSA) is 34.1 Å². The molecule has 0 radical (unpaired) electrons. The van der Waals surface area contributed by atoms with Crippen molar-refractivity contribution in [2.24, 2.45) is 34.5 Å². The minimum atomic E-state index is 0.0288. The third-order valence-electron chi connectivity index (χ3n) is 9.30. The van der Waals surface area contributed by atoms with Gasteiger partial charge in [-0.05, 0) is 79.7 Å². The van der Waals surface area contributed by atoms with Crippen LogP contribution in [0, 0.1) is 34.5 Å². The average molecular weight is 435 g/mol. The number of thioether (sulfide) groups is 1. The smallest absolute Gasteiger partial charge is 0.159 e. The van der Waals surface area contributed by atoms with Crippen LogP contribution in [0.1, 0.15) is 59.3 Å². The Morgan fingerprint density at radius 1 is 1.10 bits per heavy atom. The molecule has 0 amide bonds. The zero-order valence-electron chi connectivity index (χ0n) is 19.0. The lowest BCUT2D eigenvalue weighted by Crippen LogP contribution is -2.49. The van der Waals surface area contributed by atoms with Crippen molar-refractivity contribution in [2.45, 2.75) is 64.2 Å². The maximum atomic E-state index is 13.0. The summed E-state index contributed by atoms with van der Waals surface area (Å²) in [6, 6.07) is 10.4. The van der Waals surface area contributed by atoms with Gasteiger partial charge < -0.3 is 0 Å². The monoisotopic (exact) mass is 434 g/mol. The summed E-state index contributed by atoms with van der Waals surface area (Å²) in [4.78, 5) is 26.6. The van der Waals surface area contributed by atoms with Crippen molar-refractivity contribution in [2.75, 3.05) is 5.75 Å². The summed E-state index contributed by atoms with van der Waals surface area (Å²) in [6.45, 7) is 6.55. The molecule has 0 unspecified atom stereocenters. The lowest BCUT2D eigenvalue weighted by Gasteiger charge is -2.55. The van der Waals surface area contributed by atoms with Gasteiger partial charge in [0.25, 0.3) is 0 Å². The Hall–Kier alpha value is -1.61. The molecule has 2 fully saturated rings. The first-order chi connectivity index (χ1) is 14.8. The van der Waals surface area contributed by atoms with Gasteiger partial charge in [0.15, 0.2) is 5.78 Å². The van der Waals surface area contributed by atoms with Crippen LogP contribution < -0.4 is 0 Å². The van der Waals surface area contributed by atoms with Crippen LogP contribution in [-0.2, 0) is 9.59 Å². The molecule has 2 nitrogen and oxygen atoms in total. The van der Waals surface area contributed by atoms with Gasteiger partial charge in [0.05, 0.1) is 0 Å². The number of rotatable bonds is 4. The van der Waals surface area contributed by atoms with Crippen molar-refractivity contribution < 1.29 is 9.59 Å². The number of carbonyl (C=O) groups excluding carboxylic acids is 2. The fourth-order valence-electron chi connectivity index (χ4n) is 7.70. The quantitative estimate of drug-likeness (QED) is 0.392. The van der Waals surface area contributed by atoms with E-state index in [-0.39, 0.29) is 16.7 Å². The SMILES string of the molecule is CC(=O)[C@H]1CC[C@H]2[C@@H]3CCC4=C(CSc5ccccc5)C(=O)CC[C@]4(C)[C@H]3C=C[C@]12C. The lowest BCUT2D eigenvalue weighted by atomic mass is 9.48. The van der Waals surface area contributed by atoms with Crippen molar-refractivity contribution in [3.63, 3.8) is 0 Å². The summed E-state index contributed by atoms with van der Waals surface area (Å²) < 4.78 is 0. The van der Waals surface area contributed by atoms with Crippen LogP contribution in [0.3, 0.4) is 0 Å². The van der Waals surface area contributed by atoms with Gasteiger partial charge in [-0.3, -0.25) is 9.59 Å². The van der Waals surface area contributed by atoms with Crippen LogP contribution >= 0.6 is 11.8 Å². The van der Waals surface area contributed by atoms with Crippen molar-refractivity contribution >= 4 is 23.3 Å². The number of hydrogen-bond donors (Lipinski definition) is 0. The molecule has 0 N–H and O–H groups in total. The number of allylic oxidation sites excluding steroid dienone is 3. The van der Waals surface area contributed by atoms with E-state index in [0.717, 1.165) is 37.0 Å². The number of hydrogen-bond acceptors (Lipinski definition) is 3. The molecule has 3 heteroatoms. The Labute approximate surface area is 191 Å². The highest BCUT2D eigenvalue weighted by molar-refractivity contribution is 7.99. The number of Topliss-reactive ketones (excluding diaryl/α,β-unsaturated/α-hetero) is 2. The molecule has 0 aliphatic heterocycles. The molecule has 0 heterocycles. The van der Waals surface area contributed by atoms with E-state index in [4.69, 9.17) is 0 Å². The largest absolute Gasteiger partial charge is 0.300 e. The van der Waals surface area contributed by atoms with Gasteiger partial charge in [0, 0.05) is 28.6 Å². The molecule has 1 aromatic rings. The zero-order chi connectivity index (χ0) is 21.8. The van der Waals surface area contributed by atoms with Gasteiger partial charge in [-0.25, -0.2) is 0 Å². The first-order valence-electron chi connectivity index (χ1n) is 12.0. The summed E-state index contributed by atoms with van der Waals surface area (Å²) in [5.74, 6) is 3.47. The summed E-state index contributed by atoms with van der Waals surface area (Å²) >= 11 is 1.80. The van der Waals surface area contributed by atoms with Gasteiger partial charge in [-0.2, -0.15) is 0 Å². The summed E-state index contributed by atoms with van der Waals surface area (Å²) in [5, 5.41) is 0. The van der Waals surface area contributed by atoms with Crippen molar-refractivity contribution in [3.8, 4) is 0 Å². The molecule has 2 saturated carbocycles. The molecule has 0 bridgehead atoms. The number of carbonyl (C=O) groups is 2. The Kier molecular flexibility index (Phi) is 5.32. The van der Waals surface area contributed by atoms with Gasteiger partial charge >= 0.3 is 0 Å². The molecule has 1 aromatic carbocycles. The van der Waals surface area contributed by atoms with Gasteiger partial charge in [-0.15, -0.1) is 11.8 Å². The Morgan fingerprint density at radius 2 is 1.87 bits per heavy atom. The summed E-state index contributed by atoms with van der Waals surface area (Å²) in [6.07, 6.45) is 11.0. The first-order valence-corrected chi connectivity index (χ1v) is 13.0. The van der Waals surface area contributed by atoms with Crippen LogP contribution in [0.2, 0.25) is 0 Å². The summed E-state index contributed by atoms with van der Waals surface area (Å²) in [7, 11) is 0. The fourth-order valence-corrected chi connectivity index (χ4v) is 8.69. The highest BCUT2D eigenvalue weighted by Gasteiger charge is 2.58. The number of ketones is 2. The minimum Gasteiger partial charge on any atom is -0.300 e. The Balaban J connectivity index is 1.47. The second kappa shape index (κ2) is 7.76. The molecule has 0 spiro atoms. The maximum absolute atomic E-state index is 13.0. The van der Waals surface area contributed by atoms with Gasteiger partial charge in [0.2, 0.25) is 0 Å². The molecule has 0 aromatic heterocycles. The Bertz CT molecular complexity index is 960. The second-order valence-corrected chi connectivity index (χ2v) is 11.7. The predicted molar refractivity (Wildman–Crippen MR) is 127 cm³/mol. The Morgan fingerprint density at radius 3 is 2.61 bits per heavy atom. The fraction of sp³-hybridized carbons (Fsp3) is 0.571. The molecular weight excluding hydrogens is 400 g/mol. The summed E-state index contributed by atoms with van der Waals surface area (Å²) in [5.41, 5.74) is 2.68.